The van der Waals surface area contributed by atoms with Gasteiger partial charge >= 0.3 is 0 Å². The second kappa shape index (κ2) is 8.38. The topological polar surface area (TPSA) is 102 Å². The number of rotatable bonds is 9. The molecule has 0 radical (unpaired) electrons. The average Bonchev–Trinajstić information content (AvgIpc) is 3.44. The molecule has 9 nitrogen and oxygen atoms in total. The molecule has 1 aliphatic heterocycles. The lowest BCUT2D eigenvalue weighted by molar-refractivity contribution is 0.0665. The van der Waals surface area contributed by atoms with Crippen LogP contribution in [0.25, 0.3) is 0 Å². The molecule has 2 fully saturated rings. The first-order valence-corrected chi connectivity index (χ1v) is 9.98. The number of hydrogen-bond acceptors (Lipinski definition) is 7. The number of nitrogens with one attached hydrogen (secondary N) is 1. The number of ether oxygens (including phenoxy) is 2. The molecular weight excluding hydrogens is 374 g/mol. The van der Waals surface area contributed by atoms with Crippen molar-refractivity contribution in [2.75, 3.05) is 33.4 Å². The van der Waals surface area contributed by atoms with Crippen molar-refractivity contribution in [2.24, 2.45) is 0 Å². The summed E-state index contributed by atoms with van der Waals surface area (Å²) in [7, 11) is 1.62. The Morgan fingerprint density at radius 2 is 2.17 bits per heavy atom. The summed E-state index contributed by atoms with van der Waals surface area (Å²) in [5.74, 6) is 1.12. The summed E-state index contributed by atoms with van der Waals surface area (Å²) >= 11 is 0. The van der Waals surface area contributed by atoms with E-state index in [2.05, 4.69) is 27.5 Å². The maximum Gasteiger partial charge on any atom is 0.273 e. The first-order chi connectivity index (χ1) is 14.1. The molecule has 1 aromatic heterocycles. The van der Waals surface area contributed by atoms with Crippen LogP contribution >= 0.6 is 0 Å². The fraction of sp³-hybridized carbons (Fsp3) is 0.550. The second-order valence-corrected chi connectivity index (χ2v) is 7.57. The van der Waals surface area contributed by atoms with Gasteiger partial charge in [0, 0.05) is 24.7 Å². The van der Waals surface area contributed by atoms with Crippen LogP contribution < -0.4 is 14.8 Å². The van der Waals surface area contributed by atoms with E-state index < -0.39 is 0 Å². The Morgan fingerprint density at radius 1 is 1.38 bits per heavy atom. The van der Waals surface area contributed by atoms with Gasteiger partial charge in [0.05, 0.1) is 32.0 Å². The van der Waals surface area contributed by atoms with Crippen LogP contribution in [0.1, 0.15) is 47.9 Å². The Bertz CT molecular complexity index is 860. The monoisotopic (exact) mass is 401 g/mol. The molecule has 2 aliphatic rings. The molecule has 1 saturated carbocycles. The molecule has 0 spiro atoms. The van der Waals surface area contributed by atoms with E-state index in [1.807, 2.05) is 18.2 Å². The van der Waals surface area contributed by atoms with Crippen molar-refractivity contribution in [3.05, 3.63) is 35.7 Å². The summed E-state index contributed by atoms with van der Waals surface area (Å²) in [6.07, 6.45) is 3.94. The van der Waals surface area contributed by atoms with E-state index >= 15 is 0 Å². The largest absolute Gasteiger partial charge is 0.493 e. The predicted molar refractivity (Wildman–Crippen MR) is 105 cm³/mol. The van der Waals surface area contributed by atoms with Gasteiger partial charge in [-0.2, -0.15) is 0 Å². The van der Waals surface area contributed by atoms with E-state index in [9.17, 15) is 4.79 Å². The van der Waals surface area contributed by atoms with Crippen molar-refractivity contribution < 1.29 is 19.4 Å². The normalized spacial score (nSPS) is 18.2. The van der Waals surface area contributed by atoms with Crippen molar-refractivity contribution >= 4 is 5.91 Å². The van der Waals surface area contributed by atoms with Gasteiger partial charge in [0.2, 0.25) is 0 Å². The van der Waals surface area contributed by atoms with Crippen LogP contribution in [0.5, 0.6) is 11.5 Å². The average molecular weight is 401 g/mol. The van der Waals surface area contributed by atoms with Crippen LogP contribution in [0.15, 0.2) is 24.4 Å². The van der Waals surface area contributed by atoms with Crippen LogP contribution in [0.2, 0.25) is 0 Å². The van der Waals surface area contributed by atoms with E-state index in [-0.39, 0.29) is 31.2 Å². The van der Waals surface area contributed by atoms with Gasteiger partial charge in [-0.1, -0.05) is 17.3 Å². The summed E-state index contributed by atoms with van der Waals surface area (Å²) in [4.78, 5) is 14.7. The van der Waals surface area contributed by atoms with Crippen molar-refractivity contribution in [3.8, 4) is 11.5 Å². The molecule has 4 rings (SSSR count). The van der Waals surface area contributed by atoms with E-state index in [0.29, 0.717) is 23.2 Å². The van der Waals surface area contributed by atoms with Crippen LogP contribution in [0.4, 0.5) is 0 Å². The Morgan fingerprint density at radius 3 is 2.86 bits per heavy atom. The molecule has 156 valence electrons. The van der Waals surface area contributed by atoms with Crippen molar-refractivity contribution in [3.63, 3.8) is 0 Å². The zero-order valence-corrected chi connectivity index (χ0v) is 16.7. The van der Waals surface area contributed by atoms with Gasteiger partial charge in [-0.05, 0) is 25.8 Å². The van der Waals surface area contributed by atoms with E-state index in [0.717, 1.165) is 31.5 Å². The van der Waals surface area contributed by atoms with E-state index in [1.165, 1.54) is 0 Å². The predicted octanol–water partition coefficient (Wildman–Crippen LogP) is 1.17. The second-order valence-electron chi connectivity index (χ2n) is 7.57. The third-order valence-electron chi connectivity index (χ3n) is 5.47. The molecule has 1 amide bonds. The van der Waals surface area contributed by atoms with Crippen LogP contribution in [-0.4, -0.2) is 70.4 Å². The Kier molecular flexibility index (Phi) is 5.68. The van der Waals surface area contributed by atoms with Crippen molar-refractivity contribution in [2.45, 2.75) is 37.9 Å². The smallest absolute Gasteiger partial charge is 0.273 e. The van der Waals surface area contributed by atoms with Gasteiger partial charge in [0.25, 0.3) is 5.91 Å². The van der Waals surface area contributed by atoms with Crippen molar-refractivity contribution in [1.82, 2.24) is 25.2 Å². The minimum atomic E-state index is -0.175. The molecule has 9 heteroatoms. The number of amides is 1. The molecule has 1 aliphatic carbocycles. The minimum Gasteiger partial charge on any atom is -0.493 e. The molecule has 2 aromatic rings. The first-order valence-electron chi connectivity index (χ1n) is 9.98. The zero-order valence-electron chi connectivity index (χ0n) is 16.7. The molecule has 1 atom stereocenters. The van der Waals surface area contributed by atoms with Gasteiger partial charge in [-0.25, -0.2) is 4.68 Å². The summed E-state index contributed by atoms with van der Waals surface area (Å²) in [6, 6.07) is 6.36. The lowest BCUT2D eigenvalue weighted by Gasteiger charge is -2.43. The van der Waals surface area contributed by atoms with Gasteiger partial charge < -0.3 is 19.9 Å². The van der Waals surface area contributed by atoms with E-state index in [4.69, 9.17) is 14.6 Å². The summed E-state index contributed by atoms with van der Waals surface area (Å²) < 4.78 is 12.9. The van der Waals surface area contributed by atoms with Crippen molar-refractivity contribution in [1.29, 1.82) is 0 Å². The SMILES string of the molecule is COc1c(OCCO)cccc1C(C)N1CC(NC(=O)c2cn(C3CC3)nn2)C1. The number of aromatic nitrogens is 3. The number of aliphatic hydroxyl groups is 1. The van der Waals surface area contributed by atoms with Gasteiger partial charge in [-0.15, -0.1) is 5.10 Å². The third-order valence-corrected chi connectivity index (χ3v) is 5.47. The van der Waals surface area contributed by atoms with Gasteiger partial charge in [-0.3, -0.25) is 9.69 Å². The van der Waals surface area contributed by atoms with Crippen LogP contribution in [0.3, 0.4) is 0 Å². The highest BCUT2D eigenvalue weighted by molar-refractivity contribution is 5.92. The van der Waals surface area contributed by atoms with Gasteiger partial charge in [0.15, 0.2) is 17.2 Å². The Balaban J connectivity index is 1.33. The molecule has 1 saturated heterocycles. The fourth-order valence-corrected chi connectivity index (χ4v) is 3.62. The number of carbonyl (C=O) groups excluding carboxylic acids is 1. The number of likely N-dealkylation sites (tertiary alicyclic amines) is 1. The number of benzene rings is 1. The highest BCUT2D eigenvalue weighted by atomic mass is 16.5. The highest BCUT2D eigenvalue weighted by Crippen LogP contribution is 2.38. The number of carbonyl (C=O) groups is 1. The molecule has 1 unspecified atom stereocenters. The maximum atomic E-state index is 12.4. The number of methoxy groups -OCH3 is 1. The van der Waals surface area contributed by atoms with Gasteiger partial charge in [0.1, 0.15) is 6.61 Å². The number of aliphatic hydroxyl groups excluding tert-OH is 1. The Hall–Kier alpha value is -2.65. The molecule has 2 heterocycles. The standard InChI is InChI=1S/C20H27N5O4/c1-13(16-4-3-5-18(19(16)28-2)29-9-8-26)24-10-14(11-24)21-20(27)17-12-25(23-22-17)15-6-7-15/h3-5,12-15,26H,6-11H2,1-2H3,(H,21,27). The quantitative estimate of drug-likeness (QED) is 0.650. The summed E-state index contributed by atoms with van der Waals surface area (Å²) in [6.45, 7) is 3.76. The third kappa shape index (κ3) is 4.20. The lowest BCUT2D eigenvalue weighted by atomic mass is 9.99. The number of nitrogens with zero attached hydrogens (tertiary/aromatic N) is 4. The zero-order chi connectivity index (χ0) is 20.4. The minimum absolute atomic E-state index is 0.0507. The number of para-hydroxylation sites is 1. The molecule has 1 aromatic carbocycles. The van der Waals surface area contributed by atoms with Crippen LogP contribution in [-0.2, 0) is 0 Å². The molecule has 2 N–H and O–H groups in total. The highest BCUT2D eigenvalue weighted by Gasteiger charge is 2.34. The fourth-order valence-electron chi connectivity index (χ4n) is 3.62. The van der Waals surface area contributed by atoms with E-state index in [1.54, 1.807) is 18.0 Å². The maximum absolute atomic E-state index is 12.4. The molecule has 0 bridgehead atoms. The first kappa shape index (κ1) is 19.7. The Labute approximate surface area is 169 Å². The lowest BCUT2D eigenvalue weighted by Crippen LogP contribution is -2.59. The summed E-state index contributed by atoms with van der Waals surface area (Å²) in [5.41, 5.74) is 1.39. The molecular formula is C20H27N5O4. The molecule has 29 heavy (non-hydrogen) atoms. The van der Waals surface area contributed by atoms with Crippen LogP contribution in [0, 0.1) is 0 Å². The summed E-state index contributed by atoms with van der Waals surface area (Å²) in [5, 5.41) is 20.1. The number of hydrogen-bond donors (Lipinski definition) is 2.